The van der Waals surface area contributed by atoms with Gasteiger partial charge in [-0.05, 0) is 157 Å². The first-order valence-electron chi connectivity index (χ1n) is 21.8. The normalized spacial score (nSPS) is 17.5. The Hall–Kier alpha value is -6.32. The number of H-pyrrole nitrogens is 1. The third-order valence-electron chi connectivity index (χ3n) is 11.2. The van der Waals surface area contributed by atoms with Gasteiger partial charge in [-0.2, -0.15) is 5.21 Å². The molecule has 0 unspecified atom stereocenters. The van der Waals surface area contributed by atoms with E-state index in [1.54, 1.807) is 29.2 Å². The topological polar surface area (TPSA) is 210 Å². The van der Waals surface area contributed by atoms with Crippen LogP contribution in [0.1, 0.15) is 102 Å². The second-order valence-corrected chi connectivity index (χ2v) is 18.6. The molecule has 1 saturated heterocycles. The Morgan fingerprint density at radius 3 is 2.16 bits per heavy atom. The number of hydrogen-bond acceptors (Lipinski definition) is 10. The molecule has 16 nitrogen and oxygen atoms in total. The Labute approximate surface area is 369 Å². The summed E-state index contributed by atoms with van der Waals surface area (Å²) in [6.07, 6.45) is 3.50. The van der Waals surface area contributed by atoms with Crippen molar-refractivity contribution in [3.63, 3.8) is 0 Å². The van der Waals surface area contributed by atoms with Crippen LogP contribution >= 0.6 is 0 Å². The van der Waals surface area contributed by atoms with Crippen molar-refractivity contribution in [1.82, 2.24) is 41.5 Å². The van der Waals surface area contributed by atoms with E-state index < -0.39 is 23.3 Å². The molecule has 63 heavy (non-hydrogen) atoms. The van der Waals surface area contributed by atoms with Gasteiger partial charge in [0.25, 0.3) is 5.91 Å². The SMILES string of the molecule is Cc1cc(C(=O)NC2CCN(C(=O)OC(C)(C)C)CC2)ccc1-c1cccc(C[C@H](NC(=O)C2CCC(CNC(=O)OC(C)(C)C)CC2)C(=O)Nc2ccc(-c3nn[nH]n3)cc2)c1. The molecule has 16 heteroatoms. The molecule has 0 radical (unpaired) electrons. The average Bonchev–Trinajstić information content (AvgIpc) is 3.78. The van der Waals surface area contributed by atoms with Gasteiger partial charge in [0, 0.05) is 54.8 Å². The van der Waals surface area contributed by atoms with Crippen molar-refractivity contribution >= 4 is 35.6 Å². The summed E-state index contributed by atoms with van der Waals surface area (Å²) in [6.45, 7) is 14.4. The molecular formula is C47H61N9O7. The number of nitrogens with one attached hydrogen (secondary N) is 5. The van der Waals surface area contributed by atoms with E-state index >= 15 is 0 Å². The molecule has 1 aliphatic heterocycles. The van der Waals surface area contributed by atoms with E-state index in [2.05, 4.69) is 41.9 Å². The molecule has 5 amide bonds. The van der Waals surface area contributed by atoms with Crippen molar-refractivity contribution in [2.45, 2.75) is 117 Å². The number of hydrogen-bond donors (Lipinski definition) is 5. The van der Waals surface area contributed by atoms with Crippen molar-refractivity contribution in [2.24, 2.45) is 11.8 Å². The number of carbonyl (C=O) groups excluding carboxylic acids is 5. The smallest absolute Gasteiger partial charge is 0.410 e. The van der Waals surface area contributed by atoms with Gasteiger partial charge in [0.05, 0.1) is 0 Å². The van der Waals surface area contributed by atoms with Crippen LogP contribution in [0.15, 0.2) is 66.7 Å². The summed E-state index contributed by atoms with van der Waals surface area (Å²) in [6, 6.07) is 19.6. The van der Waals surface area contributed by atoms with Gasteiger partial charge in [-0.15, -0.1) is 10.2 Å². The molecule has 1 aromatic heterocycles. The first-order chi connectivity index (χ1) is 29.9. The summed E-state index contributed by atoms with van der Waals surface area (Å²) < 4.78 is 10.9. The summed E-state index contributed by atoms with van der Waals surface area (Å²) in [4.78, 5) is 67.6. The first kappa shape index (κ1) is 46.2. The van der Waals surface area contributed by atoms with Gasteiger partial charge in [0.1, 0.15) is 17.2 Å². The Kier molecular flexibility index (Phi) is 14.8. The molecule has 0 bridgehead atoms. The second-order valence-electron chi connectivity index (χ2n) is 18.6. The number of carbonyl (C=O) groups is 5. The lowest BCUT2D eigenvalue weighted by Gasteiger charge is -2.33. The number of piperidine rings is 1. The van der Waals surface area contributed by atoms with Crippen LogP contribution in [0.5, 0.6) is 0 Å². The van der Waals surface area contributed by atoms with Gasteiger partial charge in [0.2, 0.25) is 17.6 Å². The Morgan fingerprint density at radius 2 is 1.52 bits per heavy atom. The minimum atomic E-state index is -0.889. The van der Waals surface area contributed by atoms with Crippen LogP contribution < -0.4 is 21.3 Å². The molecule has 336 valence electrons. The van der Waals surface area contributed by atoms with Crippen molar-refractivity contribution < 1.29 is 33.4 Å². The van der Waals surface area contributed by atoms with Crippen LogP contribution in [-0.4, -0.2) is 98.4 Å². The minimum Gasteiger partial charge on any atom is -0.444 e. The standard InChI is InChI=1S/C47H61N9O7/c1-29-25-35(42(58)49-37-21-23-56(24-22-37)45(61)63-47(5,6)7)17-20-38(29)34-10-8-9-31(26-34)27-39(43(59)50-36-18-15-32(16-19-36)40-52-54-55-53-40)51-41(57)33-13-11-30(12-14-33)28-48-44(60)62-46(2,3)4/h8-10,15-20,25-26,30,33,37,39H,11-14,21-24,27-28H2,1-7H3,(H,48,60)(H,49,58)(H,50,59)(H,51,57)(H,52,53,54,55)/t30?,33?,39-/m0/s1. The summed E-state index contributed by atoms with van der Waals surface area (Å²) in [5.74, 6) is -0.345. The van der Waals surface area contributed by atoms with E-state index in [0.717, 1.165) is 40.7 Å². The maximum atomic E-state index is 14.0. The van der Waals surface area contributed by atoms with E-state index in [1.807, 2.05) is 90.9 Å². The third-order valence-corrected chi connectivity index (χ3v) is 11.2. The predicted molar refractivity (Wildman–Crippen MR) is 238 cm³/mol. The van der Waals surface area contributed by atoms with E-state index in [-0.39, 0.29) is 48.1 Å². The monoisotopic (exact) mass is 863 g/mol. The van der Waals surface area contributed by atoms with E-state index in [0.29, 0.717) is 62.4 Å². The highest BCUT2D eigenvalue weighted by Gasteiger charge is 2.31. The largest absolute Gasteiger partial charge is 0.444 e. The van der Waals surface area contributed by atoms with Gasteiger partial charge in [-0.3, -0.25) is 14.4 Å². The van der Waals surface area contributed by atoms with E-state index in [4.69, 9.17) is 9.47 Å². The number of tetrazole rings is 1. The molecule has 2 heterocycles. The number of aromatic nitrogens is 4. The molecular weight excluding hydrogens is 803 g/mol. The molecule has 1 saturated carbocycles. The molecule has 1 atom stereocenters. The summed E-state index contributed by atoms with van der Waals surface area (Å²) >= 11 is 0. The Bertz CT molecular complexity index is 2220. The fraction of sp³-hybridized carbons (Fsp3) is 0.489. The van der Waals surface area contributed by atoms with Crippen LogP contribution in [0.25, 0.3) is 22.5 Å². The molecule has 6 rings (SSSR count). The zero-order valence-electron chi connectivity index (χ0n) is 37.4. The summed E-state index contributed by atoms with van der Waals surface area (Å²) in [5.41, 5.74) is 4.26. The zero-order valence-corrected chi connectivity index (χ0v) is 37.4. The fourth-order valence-electron chi connectivity index (χ4n) is 7.92. The maximum absolute atomic E-state index is 14.0. The van der Waals surface area contributed by atoms with Crippen LogP contribution in [0, 0.1) is 18.8 Å². The van der Waals surface area contributed by atoms with E-state index in [1.165, 1.54) is 0 Å². The van der Waals surface area contributed by atoms with Crippen LogP contribution in [0.3, 0.4) is 0 Å². The van der Waals surface area contributed by atoms with Gasteiger partial charge >= 0.3 is 12.2 Å². The van der Waals surface area contributed by atoms with Crippen LogP contribution in [-0.2, 0) is 25.5 Å². The molecule has 3 aromatic carbocycles. The van der Waals surface area contributed by atoms with Crippen molar-refractivity contribution in [2.75, 3.05) is 25.0 Å². The highest BCUT2D eigenvalue weighted by Crippen LogP contribution is 2.30. The van der Waals surface area contributed by atoms with Crippen LogP contribution in [0.4, 0.5) is 15.3 Å². The average molecular weight is 864 g/mol. The number of alkyl carbamates (subject to hydrolysis) is 1. The molecule has 2 fully saturated rings. The fourth-order valence-corrected chi connectivity index (χ4v) is 7.92. The number of rotatable bonds is 12. The van der Waals surface area contributed by atoms with E-state index in [9.17, 15) is 24.0 Å². The molecule has 1 aliphatic carbocycles. The number of benzene rings is 3. The lowest BCUT2D eigenvalue weighted by molar-refractivity contribution is -0.130. The number of ether oxygens (including phenoxy) is 2. The summed E-state index contributed by atoms with van der Waals surface area (Å²) in [7, 11) is 0. The van der Waals surface area contributed by atoms with Gasteiger partial charge in [-0.1, -0.05) is 30.3 Å². The van der Waals surface area contributed by atoms with Crippen molar-refractivity contribution in [1.29, 1.82) is 0 Å². The van der Waals surface area contributed by atoms with Gasteiger partial charge in [0.15, 0.2) is 0 Å². The summed E-state index contributed by atoms with van der Waals surface area (Å²) in [5, 5.41) is 26.1. The highest BCUT2D eigenvalue weighted by atomic mass is 16.6. The van der Waals surface area contributed by atoms with Gasteiger partial charge < -0.3 is 35.6 Å². The zero-order chi connectivity index (χ0) is 45.3. The minimum absolute atomic E-state index is 0.0577. The van der Waals surface area contributed by atoms with Gasteiger partial charge in [-0.25, -0.2) is 9.59 Å². The maximum Gasteiger partial charge on any atom is 0.410 e. The quantitative estimate of drug-likeness (QED) is 0.0988. The number of likely N-dealkylation sites (tertiary alicyclic amines) is 1. The van der Waals surface area contributed by atoms with Crippen molar-refractivity contribution in [3.8, 4) is 22.5 Å². The Balaban J connectivity index is 1.10. The second kappa shape index (κ2) is 20.2. The highest BCUT2D eigenvalue weighted by molar-refractivity contribution is 5.98. The molecule has 0 spiro atoms. The number of anilines is 1. The number of aromatic amines is 1. The third kappa shape index (κ3) is 13.6. The number of amides is 5. The lowest BCUT2D eigenvalue weighted by Crippen LogP contribution is -2.48. The predicted octanol–water partition coefficient (Wildman–Crippen LogP) is 6.97. The molecule has 2 aliphatic rings. The molecule has 4 aromatic rings. The number of aryl methyl sites for hydroxylation is 1. The molecule has 5 N–H and O–H groups in total. The lowest BCUT2D eigenvalue weighted by atomic mass is 9.81. The van der Waals surface area contributed by atoms with Crippen LogP contribution in [0.2, 0.25) is 0 Å². The first-order valence-corrected chi connectivity index (χ1v) is 21.8. The van der Waals surface area contributed by atoms with Crippen molar-refractivity contribution in [3.05, 3.63) is 83.4 Å². The number of nitrogens with zero attached hydrogens (tertiary/aromatic N) is 4. The Morgan fingerprint density at radius 1 is 0.825 bits per heavy atom.